The van der Waals surface area contributed by atoms with Crippen molar-refractivity contribution >= 4 is 31.6 Å². The number of hydrogen-bond donors (Lipinski definition) is 0. The van der Waals surface area contributed by atoms with E-state index < -0.39 is 20.0 Å². The van der Waals surface area contributed by atoms with Gasteiger partial charge in [0.25, 0.3) is 0 Å². The van der Waals surface area contributed by atoms with Crippen LogP contribution in [0, 0.1) is 11.3 Å². The van der Waals surface area contributed by atoms with Crippen LogP contribution >= 0.6 is 11.6 Å². The van der Waals surface area contributed by atoms with Crippen molar-refractivity contribution in [1.29, 1.82) is 5.26 Å². The van der Waals surface area contributed by atoms with Crippen LogP contribution in [0.15, 0.2) is 58.3 Å². The Kier molecular flexibility index (Phi) is 5.55. The Balaban J connectivity index is 1.74. The summed E-state index contributed by atoms with van der Waals surface area (Å²) in [7, 11) is -7.45. The maximum absolute atomic E-state index is 12.7. The third kappa shape index (κ3) is 4.00. The standard InChI is InChI=1S/C17H16ClN3O4S2/c18-15-3-7-17(8-4-15)27(24,25)21-11-9-20(10-12-21)26(22,23)16-5-1-14(13-19)2-6-16/h1-8H,9-12H2. The first-order valence-corrected chi connectivity index (χ1v) is 11.3. The van der Waals surface area contributed by atoms with Crippen molar-refractivity contribution < 1.29 is 16.8 Å². The highest BCUT2D eigenvalue weighted by Crippen LogP contribution is 2.23. The molecule has 0 saturated carbocycles. The number of nitriles is 1. The van der Waals surface area contributed by atoms with E-state index in [9.17, 15) is 16.8 Å². The molecule has 0 aliphatic carbocycles. The maximum Gasteiger partial charge on any atom is 0.243 e. The van der Waals surface area contributed by atoms with Crippen LogP contribution in [0.5, 0.6) is 0 Å². The Hall–Kier alpha value is -1.96. The number of sulfonamides is 2. The zero-order chi connectivity index (χ0) is 19.7. The van der Waals surface area contributed by atoms with Crippen LogP contribution in [0.2, 0.25) is 5.02 Å². The van der Waals surface area contributed by atoms with Crippen LogP contribution in [-0.4, -0.2) is 51.6 Å². The third-order valence-corrected chi connectivity index (χ3v) is 8.35. The smallest absolute Gasteiger partial charge is 0.207 e. The van der Waals surface area contributed by atoms with Gasteiger partial charge >= 0.3 is 0 Å². The van der Waals surface area contributed by atoms with Gasteiger partial charge in [-0.25, -0.2) is 16.8 Å². The molecule has 0 N–H and O–H groups in total. The van der Waals surface area contributed by atoms with Crippen LogP contribution in [0.25, 0.3) is 0 Å². The van der Waals surface area contributed by atoms with Gasteiger partial charge in [0.2, 0.25) is 20.0 Å². The molecule has 1 aliphatic rings. The fourth-order valence-corrected chi connectivity index (χ4v) is 5.73. The van der Waals surface area contributed by atoms with E-state index >= 15 is 0 Å². The van der Waals surface area contributed by atoms with Gasteiger partial charge in [0.05, 0.1) is 21.4 Å². The molecule has 27 heavy (non-hydrogen) atoms. The molecule has 2 aromatic rings. The normalized spacial score (nSPS) is 16.7. The molecule has 0 atom stereocenters. The summed E-state index contributed by atoms with van der Waals surface area (Å²) in [6.07, 6.45) is 0. The number of benzene rings is 2. The van der Waals surface area contributed by atoms with Gasteiger partial charge in [0.1, 0.15) is 0 Å². The summed E-state index contributed by atoms with van der Waals surface area (Å²) in [5.41, 5.74) is 0.368. The van der Waals surface area contributed by atoms with E-state index in [1.165, 1.54) is 57.1 Å². The summed E-state index contributed by atoms with van der Waals surface area (Å²) >= 11 is 5.79. The second-order valence-corrected chi connectivity index (χ2v) is 10.2. The Morgan fingerprint density at radius 1 is 0.741 bits per heavy atom. The average molecular weight is 426 g/mol. The molecule has 142 valence electrons. The minimum Gasteiger partial charge on any atom is -0.207 e. The maximum atomic E-state index is 12.7. The first kappa shape index (κ1) is 19.8. The summed E-state index contributed by atoms with van der Waals surface area (Å²) in [5.74, 6) is 0. The van der Waals surface area contributed by atoms with E-state index in [0.29, 0.717) is 10.6 Å². The van der Waals surface area contributed by atoms with Crippen molar-refractivity contribution in [2.24, 2.45) is 0 Å². The molecule has 7 nitrogen and oxygen atoms in total. The minimum atomic E-state index is -3.74. The third-order valence-electron chi connectivity index (χ3n) is 4.27. The SMILES string of the molecule is N#Cc1ccc(S(=O)(=O)N2CCN(S(=O)(=O)c3ccc(Cl)cc3)CC2)cc1. The lowest BCUT2D eigenvalue weighted by molar-refractivity contribution is 0.273. The van der Waals surface area contributed by atoms with Crippen molar-refractivity contribution in [3.05, 3.63) is 59.1 Å². The summed E-state index contributed by atoms with van der Waals surface area (Å²) < 4.78 is 53.3. The highest BCUT2D eigenvalue weighted by molar-refractivity contribution is 7.89. The fourth-order valence-electron chi connectivity index (χ4n) is 2.76. The van der Waals surface area contributed by atoms with E-state index in [4.69, 9.17) is 16.9 Å². The van der Waals surface area contributed by atoms with Crippen LogP contribution in [0.3, 0.4) is 0 Å². The molecule has 1 heterocycles. The van der Waals surface area contributed by atoms with Crippen molar-refractivity contribution in [1.82, 2.24) is 8.61 Å². The molecule has 1 aliphatic heterocycles. The van der Waals surface area contributed by atoms with Crippen LogP contribution in [-0.2, 0) is 20.0 Å². The predicted molar refractivity (Wildman–Crippen MR) is 100 cm³/mol. The zero-order valence-corrected chi connectivity index (χ0v) is 16.5. The molecule has 0 spiro atoms. The van der Waals surface area contributed by atoms with Gasteiger partial charge in [-0.3, -0.25) is 0 Å². The molecule has 0 amide bonds. The van der Waals surface area contributed by atoms with Gasteiger partial charge in [-0.1, -0.05) is 11.6 Å². The molecule has 2 aromatic carbocycles. The highest BCUT2D eigenvalue weighted by atomic mass is 35.5. The Bertz CT molecular complexity index is 1070. The monoisotopic (exact) mass is 425 g/mol. The molecule has 10 heteroatoms. The van der Waals surface area contributed by atoms with Gasteiger partial charge < -0.3 is 0 Å². The minimum absolute atomic E-state index is 0.0507. The lowest BCUT2D eigenvalue weighted by Crippen LogP contribution is -2.50. The molecule has 0 bridgehead atoms. The number of nitrogens with zero attached hydrogens (tertiary/aromatic N) is 3. The van der Waals surface area contributed by atoms with E-state index in [0.717, 1.165) is 0 Å². The summed E-state index contributed by atoms with van der Waals surface area (Å²) in [6, 6.07) is 13.4. The van der Waals surface area contributed by atoms with Crippen molar-refractivity contribution in [2.45, 2.75) is 9.79 Å². The Morgan fingerprint density at radius 2 is 1.11 bits per heavy atom. The van der Waals surface area contributed by atoms with Gasteiger partial charge in [-0.05, 0) is 48.5 Å². The van der Waals surface area contributed by atoms with Crippen molar-refractivity contribution in [2.75, 3.05) is 26.2 Å². The highest BCUT2D eigenvalue weighted by Gasteiger charge is 2.33. The first-order valence-electron chi connectivity index (χ1n) is 8.01. The topological polar surface area (TPSA) is 98.5 Å². The lowest BCUT2D eigenvalue weighted by atomic mass is 10.2. The second kappa shape index (κ2) is 7.58. The largest absolute Gasteiger partial charge is 0.243 e. The fraction of sp³-hybridized carbons (Fsp3) is 0.235. The quantitative estimate of drug-likeness (QED) is 0.745. The number of rotatable bonds is 4. The summed E-state index contributed by atoms with van der Waals surface area (Å²) in [6.45, 7) is 0.214. The van der Waals surface area contributed by atoms with Gasteiger partial charge in [0.15, 0.2) is 0 Å². The van der Waals surface area contributed by atoms with Gasteiger partial charge in [-0.2, -0.15) is 13.9 Å². The second-order valence-electron chi connectivity index (χ2n) is 5.90. The van der Waals surface area contributed by atoms with Gasteiger partial charge in [-0.15, -0.1) is 0 Å². The molecule has 3 rings (SSSR count). The van der Waals surface area contributed by atoms with Crippen LogP contribution < -0.4 is 0 Å². The molecular formula is C17H16ClN3O4S2. The summed E-state index contributed by atoms with van der Waals surface area (Å²) in [4.78, 5) is 0.200. The predicted octanol–water partition coefficient (Wildman–Crippen LogP) is 1.91. The molecular weight excluding hydrogens is 410 g/mol. The lowest BCUT2D eigenvalue weighted by Gasteiger charge is -2.33. The van der Waals surface area contributed by atoms with Crippen LogP contribution in [0.1, 0.15) is 5.56 Å². The average Bonchev–Trinajstić information content (AvgIpc) is 2.68. The van der Waals surface area contributed by atoms with E-state index in [2.05, 4.69) is 0 Å². The number of hydrogen-bond acceptors (Lipinski definition) is 5. The molecule has 0 unspecified atom stereocenters. The van der Waals surface area contributed by atoms with Crippen LogP contribution in [0.4, 0.5) is 0 Å². The first-order chi connectivity index (χ1) is 12.7. The summed E-state index contributed by atoms with van der Waals surface area (Å²) in [5, 5.41) is 9.25. The number of piperazine rings is 1. The molecule has 0 aromatic heterocycles. The molecule has 1 saturated heterocycles. The van der Waals surface area contributed by atoms with Crippen molar-refractivity contribution in [3.63, 3.8) is 0 Å². The van der Waals surface area contributed by atoms with Crippen molar-refractivity contribution in [3.8, 4) is 6.07 Å². The zero-order valence-electron chi connectivity index (χ0n) is 14.1. The van der Waals surface area contributed by atoms with E-state index in [-0.39, 0.29) is 36.0 Å². The van der Waals surface area contributed by atoms with Gasteiger partial charge in [0, 0.05) is 31.2 Å². The van der Waals surface area contributed by atoms with E-state index in [1.54, 1.807) is 0 Å². The van der Waals surface area contributed by atoms with E-state index in [1.807, 2.05) is 6.07 Å². The molecule has 1 fully saturated rings. The Labute approximate surface area is 163 Å². The number of halogens is 1. The Morgan fingerprint density at radius 3 is 1.48 bits per heavy atom. The molecule has 0 radical (unpaired) electrons.